The van der Waals surface area contributed by atoms with Gasteiger partial charge < -0.3 is 10.8 Å². The summed E-state index contributed by atoms with van der Waals surface area (Å²) in [5, 5.41) is 8.37. The molecular formula is C11H19NO3. The molecule has 0 saturated heterocycles. The lowest BCUT2D eigenvalue weighted by molar-refractivity contribution is -0.137. The van der Waals surface area contributed by atoms with Gasteiger partial charge >= 0.3 is 5.97 Å². The Labute approximate surface area is 90.2 Å². The van der Waals surface area contributed by atoms with Crippen LogP contribution in [0.2, 0.25) is 0 Å². The summed E-state index contributed by atoms with van der Waals surface area (Å²) in [6.07, 6.45) is 8.91. The first-order valence-corrected chi connectivity index (χ1v) is 5.28. The highest BCUT2D eigenvalue weighted by atomic mass is 16.4. The number of allylic oxidation sites excluding steroid dienone is 2. The molecule has 0 heterocycles. The molecule has 1 amide bonds. The van der Waals surface area contributed by atoms with Crippen LogP contribution in [-0.4, -0.2) is 17.0 Å². The van der Waals surface area contributed by atoms with Crippen molar-refractivity contribution in [1.82, 2.24) is 0 Å². The SMILES string of the molecule is NC(=O)CCCCC=CCCCC(=O)O. The Morgan fingerprint density at radius 3 is 2.13 bits per heavy atom. The average Bonchev–Trinajstić information content (AvgIpc) is 2.14. The second-order valence-electron chi connectivity index (χ2n) is 3.47. The van der Waals surface area contributed by atoms with E-state index in [9.17, 15) is 9.59 Å². The smallest absolute Gasteiger partial charge is 0.303 e. The Hall–Kier alpha value is -1.32. The molecule has 0 fully saturated rings. The third-order valence-corrected chi connectivity index (χ3v) is 1.97. The van der Waals surface area contributed by atoms with Gasteiger partial charge in [-0.15, -0.1) is 0 Å². The summed E-state index contributed by atoms with van der Waals surface area (Å²) in [5.41, 5.74) is 4.99. The molecule has 0 aromatic carbocycles. The van der Waals surface area contributed by atoms with Crippen molar-refractivity contribution < 1.29 is 14.7 Å². The summed E-state index contributed by atoms with van der Waals surface area (Å²) in [6, 6.07) is 0. The van der Waals surface area contributed by atoms with Crippen molar-refractivity contribution in [2.75, 3.05) is 0 Å². The van der Waals surface area contributed by atoms with Crippen molar-refractivity contribution in [2.45, 2.75) is 44.9 Å². The van der Waals surface area contributed by atoms with E-state index in [1.54, 1.807) is 0 Å². The van der Waals surface area contributed by atoms with E-state index in [1.807, 2.05) is 12.2 Å². The van der Waals surface area contributed by atoms with Gasteiger partial charge in [-0.25, -0.2) is 0 Å². The fourth-order valence-electron chi connectivity index (χ4n) is 1.17. The van der Waals surface area contributed by atoms with Crippen LogP contribution < -0.4 is 5.73 Å². The summed E-state index contributed by atoms with van der Waals surface area (Å²) in [4.78, 5) is 20.6. The monoisotopic (exact) mass is 213 g/mol. The standard InChI is InChI=1S/C11H19NO3/c12-10(13)8-6-4-2-1-3-5-7-9-11(14)15/h1,3H,2,4-9H2,(H2,12,13)(H,14,15). The highest BCUT2D eigenvalue weighted by Crippen LogP contribution is 2.02. The molecule has 4 nitrogen and oxygen atoms in total. The van der Waals surface area contributed by atoms with E-state index in [-0.39, 0.29) is 12.3 Å². The summed E-state index contributed by atoms with van der Waals surface area (Å²) < 4.78 is 0. The van der Waals surface area contributed by atoms with Crippen LogP contribution in [0.3, 0.4) is 0 Å². The van der Waals surface area contributed by atoms with Crippen LogP contribution in [0.25, 0.3) is 0 Å². The van der Waals surface area contributed by atoms with Gasteiger partial charge in [-0.05, 0) is 32.1 Å². The number of aliphatic carboxylic acids is 1. The number of carboxylic acid groups (broad SMARTS) is 1. The van der Waals surface area contributed by atoms with E-state index in [0.29, 0.717) is 12.8 Å². The quantitative estimate of drug-likeness (QED) is 0.453. The molecule has 0 aromatic heterocycles. The molecule has 0 aliphatic rings. The van der Waals surface area contributed by atoms with E-state index >= 15 is 0 Å². The van der Waals surface area contributed by atoms with E-state index in [0.717, 1.165) is 25.7 Å². The van der Waals surface area contributed by atoms with E-state index in [2.05, 4.69) is 0 Å². The molecule has 15 heavy (non-hydrogen) atoms. The molecule has 0 unspecified atom stereocenters. The Morgan fingerprint density at radius 2 is 1.60 bits per heavy atom. The van der Waals surface area contributed by atoms with Crippen LogP contribution in [0.15, 0.2) is 12.2 Å². The molecule has 0 saturated carbocycles. The fourth-order valence-corrected chi connectivity index (χ4v) is 1.17. The van der Waals surface area contributed by atoms with Crippen LogP contribution in [0.4, 0.5) is 0 Å². The Morgan fingerprint density at radius 1 is 1.00 bits per heavy atom. The number of unbranched alkanes of at least 4 members (excludes halogenated alkanes) is 3. The summed E-state index contributed by atoms with van der Waals surface area (Å²) in [6.45, 7) is 0. The number of hydrogen-bond donors (Lipinski definition) is 2. The molecule has 86 valence electrons. The predicted octanol–water partition coefficient (Wildman–Crippen LogP) is 1.84. The van der Waals surface area contributed by atoms with Gasteiger partial charge in [0.2, 0.25) is 5.91 Å². The van der Waals surface area contributed by atoms with E-state index < -0.39 is 5.97 Å². The van der Waals surface area contributed by atoms with Gasteiger partial charge in [-0.1, -0.05) is 12.2 Å². The van der Waals surface area contributed by atoms with Gasteiger partial charge in [0.1, 0.15) is 0 Å². The molecule has 0 atom stereocenters. The average molecular weight is 213 g/mol. The van der Waals surface area contributed by atoms with E-state index in [4.69, 9.17) is 10.8 Å². The normalized spacial score (nSPS) is 10.7. The second-order valence-corrected chi connectivity index (χ2v) is 3.47. The zero-order chi connectivity index (χ0) is 11.5. The molecule has 0 rings (SSSR count). The number of rotatable bonds is 9. The zero-order valence-electron chi connectivity index (χ0n) is 8.95. The van der Waals surface area contributed by atoms with Crippen molar-refractivity contribution in [2.24, 2.45) is 5.73 Å². The number of carboxylic acids is 1. The second kappa shape index (κ2) is 9.24. The highest BCUT2D eigenvalue weighted by molar-refractivity contribution is 5.73. The Balaban J connectivity index is 3.17. The number of hydrogen-bond acceptors (Lipinski definition) is 2. The lowest BCUT2D eigenvalue weighted by atomic mass is 10.1. The number of carbonyl (C=O) groups excluding carboxylic acids is 1. The van der Waals surface area contributed by atoms with Crippen LogP contribution >= 0.6 is 0 Å². The molecule has 4 heteroatoms. The minimum absolute atomic E-state index is 0.228. The first kappa shape index (κ1) is 13.7. The number of carbonyl (C=O) groups is 2. The number of amides is 1. The van der Waals surface area contributed by atoms with Gasteiger partial charge in [-0.2, -0.15) is 0 Å². The van der Waals surface area contributed by atoms with Crippen LogP contribution in [0.5, 0.6) is 0 Å². The van der Waals surface area contributed by atoms with Crippen molar-refractivity contribution >= 4 is 11.9 Å². The summed E-state index contributed by atoms with van der Waals surface area (Å²) in [5.74, 6) is -0.995. The lowest BCUT2D eigenvalue weighted by Gasteiger charge is -1.94. The minimum Gasteiger partial charge on any atom is -0.481 e. The van der Waals surface area contributed by atoms with Crippen molar-refractivity contribution in [3.05, 3.63) is 12.2 Å². The predicted molar refractivity (Wildman–Crippen MR) is 58.3 cm³/mol. The molecule has 0 aliphatic carbocycles. The van der Waals surface area contributed by atoms with Crippen LogP contribution in [0, 0.1) is 0 Å². The molecular weight excluding hydrogens is 194 g/mol. The van der Waals surface area contributed by atoms with Crippen molar-refractivity contribution in [3.8, 4) is 0 Å². The Bertz CT molecular complexity index is 224. The first-order chi connectivity index (χ1) is 7.13. The molecule has 0 aromatic rings. The molecule has 0 aliphatic heterocycles. The van der Waals surface area contributed by atoms with Gasteiger partial charge in [0.05, 0.1) is 0 Å². The van der Waals surface area contributed by atoms with Crippen molar-refractivity contribution in [3.63, 3.8) is 0 Å². The molecule has 0 radical (unpaired) electrons. The van der Waals surface area contributed by atoms with E-state index in [1.165, 1.54) is 0 Å². The van der Waals surface area contributed by atoms with Gasteiger partial charge in [0, 0.05) is 12.8 Å². The summed E-state index contributed by atoms with van der Waals surface area (Å²) >= 11 is 0. The van der Waals surface area contributed by atoms with Crippen molar-refractivity contribution in [1.29, 1.82) is 0 Å². The third-order valence-electron chi connectivity index (χ3n) is 1.97. The fraction of sp³-hybridized carbons (Fsp3) is 0.636. The molecule has 3 N–H and O–H groups in total. The number of nitrogens with two attached hydrogens (primary N) is 1. The highest BCUT2D eigenvalue weighted by Gasteiger charge is 1.94. The first-order valence-electron chi connectivity index (χ1n) is 5.28. The largest absolute Gasteiger partial charge is 0.481 e. The van der Waals surface area contributed by atoms with Gasteiger partial charge in [0.15, 0.2) is 0 Å². The maximum Gasteiger partial charge on any atom is 0.303 e. The maximum atomic E-state index is 10.4. The molecule has 0 spiro atoms. The lowest BCUT2D eigenvalue weighted by Crippen LogP contribution is -2.09. The molecule has 0 bridgehead atoms. The van der Waals surface area contributed by atoms with Crippen LogP contribution in [-0.2, 0) is 9.59 Å². The number of primary amides is 1. The Kier molecular flexibility index (Phi) is 8.43. The van der Waals surface area contributed by atoms with Gasteiger partial charge in [0.25, 0.3) is 0 Å². The zero-order valence-corrected chi connectivity index (χ0v) is 8.95. The maximum absolute atomic E-state index is 10.4. The minimum atomic E-state index is -0.746. The van der Waals surface area contributed by atoms with Gasteiger partial charge in [-0.3, -0.25) is 9.59 Å². The topological polar surface area (TPSA) is 80.4 Å². The third kappa shape index (κ3) is 12.7. The summed E-state index contributed by atoms with van der Waals surface area (Å²) in [7, 11) is 0. The van der Waals surface area contributed by atoms with Crippen LogP contribution in [0.1, 0.15) is 44.9 Å².